The highest BCUT2D eigenvalue weighted by atomic mass is 32.2. The molecule has 0 spiro atoms. The lowest BCUT2D eigenvalue weighted by atomic mass is 10.0. The van der Waals surface area contributed by atoms with Gasteiger partial charge >= 0.3 is 0 Å². The summed E-state index contributed by atoms with van der Waals surface area (Å²) in [6.45, 7) is 1.71. The summed E-state index contributed by atoms with van der Waals surface area (Å²) < 4.78 is 0.543. The Morgan fingerprint density at radius 2 is 1.91 bits per heavy atom. The Balaban J connectivity index is 1.65. The van der Waals surface area contributed by atoms with Crippen LogP contribution in [0, 0.1) is 0 Å². The van der Waals surface area contributed by atoms with Crippen LogP contribution in [-0.4, -0.2) is 48.5 Å². The van der Waals surface area contributed by atoms with Crippen molar-refractivity contribution in [3.8, 4) is 0 Å². The van der Waals surface area contributed by atoms with Gasteiger partial charge in [0.15, 0.2) is 0 Å². The standard InChI is InChI=1S/C17H24N2OS2/c1-18-15-4-2-9-19(12-15)16(20)13-5-7-14(8-6-13)17-21-10-3-11-22-17/h5-8,15,17-18H,2-4,9-12H2,1H3. The van der Waals surface area contributed by atoms with Crippen LogP contribution in [0.2, 0.25) is 0 Å². The fraction of sp³-hybridized carbons (Fsp3) is 0.588. The zero-order valence-electron chi connectivity index (χ0n) is 13.1. The molecule has 1 atom stereocenters. The maximum atomic E-state index is 12.6. The van der Waals surface area contributed by atoms with Gasteiger partial charge in [-0.25, -0.2) is 0 Å². The Labute approximate surface area is 141 Å². The smallest absolute Gasteiger partial charge is 0.253 e. The second-order valence-corrected chi connectivity index (χ2v) is 8.65. The first kappa shape index (κ1) is 16.2. The van der Waals surface area contributed by atoms with E-state index in [0.29, 0.717) is 10.6 Å². The van der Waals surface area contributed by atoms with E-state index in [-0.39, 0.29) is 5.91 Å². The lowest BCUT2D eigenvalue weighted by molar-refractivity contribution is 0.0698. The van der Waals surface area contributed by atoms with Gasteiger partial charge in [0, 0.05) is 24.7 Å². The topological polar surface area (TPSA) is 32.3 Å². The number of likely N-dealkylation sites (tertiary alicyclic amines) is 1. The molecule has 5 heteroatoms. The van der Waals surface area contributed by atoms with Crippen LogP contribution >= 0.6 is 23.5 Å². The van der Waals surface area contributed by atoms with E-state index in [1.165, 1.54) is 23.5 Å². The molecule has 0 saturated carbocycles. The minimum Gasteiger partial charge on any atom is -0.337 e. The van der Waals surface area contributed by atoms with E-state index in [4.69, 9.17) is 0 Å². The molecule has 2 aliphatic heterocycles. The highest BCUT2D eigenvalue weighted by Crippen LogP contribution is 2.43. The minimum absolute atomic E-state index is 0.176. The van der Waals surface area contributed by atoms with Crippen LogP contribution in [0.3, 0.4) is 0 Å². The van der Waals surface area contributed by atoms with Crippen molar-refractivity contribution >= 4 is 29.4 Å². The molecule has 2 saturated heterocycles. The molecule has 1 N–H and O–H groups in total. The number of hydrogen-bond acceptors (Lipinski definition) is 4. The van der Waals surface area contributed by atoms with Crippen molar-refractivity contribution in [1.29, 1.82) is 0 Å². The van der Waals surface area contributed by atoms with Crippen LogP contribution in [0.25, 0.3) is 0 Å². The predicted molar refractivity (Wildman–Crippen MR) is 96.7 cm³/mol. The molecule has 120 valence electrons. The lowest BCUT2D eigenvalue weighted by Gasteiger charge is -2.32. The molecule has 2 heterocycles. The first-order valence-corrected chi connectivity index (χ1v) is 10.2. The summed E-state index contributed by atoms with van der Waals surface area (Å²) in [7, 11) is 1.98. The van der Waals surface area contributed by atoms with Crippen LogP contribution in [0.15, 0.2) is 24.3 Å². The van der Waals surface area contributed by atoms with Gasteiger partial charge in [-0.15, -0.1) is 23.5 Å². The molecule has 3 rings (SSSR count). The van der Waals surface area contributed by atoms with Gasteiger partial charge in [0.25, 0.3) is 5.91 Å². The van der Waals surface area contributed by atoms with Gasteiger partial charge < -0.3 is 10.2 Å². The second kappa shape index (κ2) is 7.75. The Morgan fingerprint density at radius 3 is 2.59 bits per heavy atom. The molecule has 3 nitrogen and oxygen atoms in total. The third kappa shape index (κ3) is 3.81. The third-order valence-corrected chi connectivity index (χ3v) is 7.39. The van der Waals surface area contributed by atoms with E-state index in [1.807, 2.05) is 47.6 Å². The molecule has 1 unspecified atom stereocenters. The molecular weight excluding hydrogens is 312 g/mol. The second-order valence-electron chi connectivity index (χ2n) is 5.93. The number of piperidine rings is 1. The molecule has 22 heavy (non-hydrogen) atoms. The number of rotatable bonds is 3. The van der Waals surface area contributed by atoms with E-state index in [9.17, 15) is 4.79 Å². The van der Waals surface area contributed by atoms with E-state index in [0.717, 1.165) is 31.5 Å². The average Bonchev–Trinajstić information content (AvgIpc) is 2.62. The first-order valence-electron chi connectivity index (χ1n) is 8.07. The summed E-state index contributed by atoms with van der Waals surface area (Å²) in [5.74, 6) is 2.67. The van der Waals surface area contributed by atoms with E-state index < -0.39 is 0 Å². The Morgan fingerprint density at radius 1 is 1.18 bits per heavy atom. The third-order valence-electron chi connectivity index (χ3n) is 4.37. The van der Waals surface area contributed by atoms with E-state index in [1.54, 1.807) is 0 Å². The maximum absolute atomic E-state index is 12.6. The van der Waals surface area contributed by atoms with Crippen LogP contribution < -0.4 is 5.32 Å². The average molecular weight is 337 g/mol. The fourth-order valence-electron chi connectivity index (χ4n) is 3.04. The highest BCUT2D eigenvalue weighted by molar-refractivity contribution is 8.16. The number of hydrogen-bond donors (Lipinski definition) is 1. The van der Waals surface area contributed by atoms with E-state index in [2.05, 4.69) is 17.4 Å². The number of likely N-dealkylation sites (N-methyl/N-ethyl adjacent to an activating group) is 1. The number of carbonyl (C=O) groups is 1. The number of benzene rings is 1. The largest absolute Gasteiger partial charge is 0.337 e. The molecule has 0 aliphatic carbocycles. The molecule has 0 radical (unpaired) electrons. The van der Waals surface area contributed by atoms with E-state index >= 15 is 0 Å². The number of amides is 1. The lowest BCUT2D eigenvalue weighted by Crippen LogP contribution is -2.46. The van der Waals surface area contributed by atoms with Crippen molar-refractivity contribution < 1.29 is 4.79 Å². The van der Waals surface area contributed by atoms with Gasteiger partial charge in [0.05, 0.1) is 4.58 Å². The molecular formula is C17H24N2OS2. The van der Waals surface area contributed by atoms with Crippen molar-refractivity contribution in [3.63, 3.8) is 0 Å². The van der Waals surface area contributed by atoms with Gasteiger partial charge in [-0.05, 0) is 55.5 Å². The maximum Gasteiger partial charge on any atom is 0.253 e. The van der Waals surface area contributed by atoms with Gasteiger partial charge in [-0.3, -0.25) is 4.79 Å². The summed E-state index contributed by atoms with van der Waals surface area (Å²) in [5, 5.41) is 3.29. The van der Waals surface area contributed by atoms with Crippen molar-refractivity contribution in [1.82, 2.24) is 10.2 Å². The van der Waals surface area contributed by atoms with Gasteiger partial charge in [0.2, 0.25) is 0 Å². The monoisotopic (exact) mass is 336 g/mol. The zero-order chi connectivity index (χ0) is 15.4. The normalized spacial score (nSPS) is 23.5. The van der Waals surface area contributed by atoms with Gasteiger partial charge in [-0.1, -0.05) is 12.1 Å². The summed E-state index contributed by atoms with van der Waals surface area (Å²) in [6, 6.07) is 8.74. The van der Waals surface area contributed by atoms with Crippen molar-refractivity contribution in [2.75, 3.05) is 31.6 Å². The van der Waals surface area contributed by atoms with Crippen molar-refractivity contribution in [3.05, 3.63) is 35.4 Å². The van der Waals surface area contributed by atoms with Gasteiger partial charge in [-0.2, -0.15) is 0 Å². The molecule has 1 amide bonds. The highest BCUT2D eigenvalue weighted by Gasteiger charge is 2.24. The van der Waals surface area contributed by atoms with Crippen LogP contribution in [0.1, 0.15) is 39.8 Å². The fourth-order valence-corrected chi connectivity index (χ4v) is 5.94. The quantitative estimate of drug-likeness (QED) is 0.917. The number of nitrogens with one attached hydrogen (secondary N) is 1. The summed E-state index contributed by atoms with van der Waals surface area (Å²) in [6.07, 6.45) is 3.56. The Hall–Kier alpha value is -0.650. The molecule has 1 aromatic carbocycles. The Kier molecular flexibility index (Phi) is 5.71. The Bertz CT molecular complexity index is 500. The molecule has 0 bridgehead atoms. The molecule has 1 aromatic rings. The summed E-state index contributed by atoms with van der Waals surface area (Å²) in [4.78, 5) is 14.6. The number of thioether (sulfide) groups is 2. The number of carbonyl (C=O) groups excluding carboxylic acids is 1. The number of nitrogens with zero attached hydrogens (tertiary/aromatic N) is 1. The molecule has 0 aromatic heterocycles. The summed E-state index contributed by atoms with van der Waals surface area (Å²) >= 11 is 4.04. The van der Waals surface area contributed by atoms with Crippen LogP contribution in [-0.2, 0) is 0 Å². The predicted octanol–water partition coefficient (Wildman–Crippen LogP) is 3.38. The van der Waals surface area contributed by atoms with Gasteiger partial charge in [0.1, 0.15) is 0 Å². The summed E-state index contributed by atoms with van der Waals surface area (Å²) in [5.41, 5.74) is 2.17. The minimum atomic E-state index is 0.176. The molecule has 2 fully saturated rings. The zero-order valence-corrected chi connectivity index (χ0v) is 14.7. The SMILES string of the molecule is CNC1CCCN(C(=O)c2ccc(C3SCCCS3)cc2)C1. The van der Waals surface area contributed by atoms with Crippen LogP contribution in [0.5, 0.6) is 0 Å². The first-order chi connectivity index (χ1) is 10.8. The molecule has 2 aliphatic rings. The van der Waals surface area contributed by atoms with Crippen molar-refractivity contribution in [2.45, 2.75) is 29.9 Å². The van der Waals surface area contributed by atoms with Crippen molar-refractivity contribution in [2.24, 2.45) is 0 Å². The van der Waals surface area contributed by atoms with Crippen LogP contribution in [0.4, 0.5) is 0 Å².